The van der Waals surface area contributed by atoms with E-state index in [1.165, 1.54) is 12.1 Å². The Labute approximate surface area is 134 Å². The van der Waals surface area contributed by atoms with Crippen LogP contribution in [0.3, 0.4) is 0 Å². The van der Waals surface area contributed by atoms with Crippen LogP contribution in [0.4, 0.5) is 4.39 Å². The lowest BCUT2D eigenvalue weighted by molar-refractivity contribution is -0.144. The largest absolute Gasteiger partial charge is 0.480 e. The maximum Gasteiger partial charge on any atom is 0.326 e. The average Bonchev–Trinajstić information content (AvgIpc) is 2.54. The number of hydrogen-bond donors (Lipinski definition) is 2. The summed E-state index contributed by atoms with van der Waals surface area (Å²) in [7, 11) is 0. The molecule has 1 aromatic carbocycles. The third kappa shape index (κ3) is 3.88. The molecule has 1 aliphatic rings. The second-order valence-corrected chi connectivity index (χ2v) is 5.86. The highest BCUT2D eigenvalue weighted by molar-refractivity contribution is 5.91. The van der Waals surface area contributed by atoms with E-state index in [1.54, 1.807) is 12.1 Å². The number of nitrogens with one attached hydrogen (secondary N) is 1. The number of ether oxygens (including phenoxy) is 1. The number of benzene rings is 1. The third-order valence-corrected chi connectivity index (χ3v) is 4.34. The van der Waals surface area contributed by atoms with Crippen LogP contribution in [0.2, 0.25) is 0 Å². The Hall–Kier alpha value is -1.95. The molecule has 1 aromatic rings. The standard InChI is InChI=1S/C17H22FNO4/c1-2-4-14(15(20)21)19-16(22)17(7-9-23-10-8-17)12-5-3-6-13(18)11-12/h3,5-6,11,14H,2,4,7-10H2,1H3,(H,19,22)(H,20,21). The van der Waals surface area contributed by atoms with Crippen LogP contribution in [-0.4, -0.2) is 36.2 Å². The van der Waals surface area contributed by atoms with Gasteiger partial charge in [0, 0.05) is 13.2 Å². The van der Waals surface area contributed by atoms with Gasteiger partial charge in [0.25, 0.3) is 0 Å². The maximum atomic E-state index is 13.6. The Morgan fingerprint density at radius 1 is 1.39 bits per heavy atom. The monoisotopic (exact) mass is 323 g/mol. The molecule has 0 radical (unpaired) electrons. The molecule has 0 aromatic heterocycles. The fourth-order valence-corrected chi connectivity index (χ4v) is 3.00. The topological polar surface area (TPSA) is 75.6 Å². The van der Waals surface area contributed by atoms with Crippen molar-refractivity contribution in [2.24, 2.45) is 0 Å². The molecule has 2 rings (SSSR count). The second kappa shape index (κ2) is 7.55. The van der Waals surface area contributed by atoms with Crippen molar-refractivity contribution in [3.63, 3.8) is 0 Å². The van der Waals surface area contributed by atoms with Crippen molar-refractivity contribution in [3.05, 3.63) is 35.6 Å². The molecule has 1 unspecified atom stereocenters. The summed E-state index contributed by atoms with van der Waals surface area (Å²) in [6.45, 7) is 2.63. The summed E-state index contributed by atoms with van der Waals surface area (Å²) >= 11 is 0. The highest BCUT2D eigenvalue weighted by Crippen LogP contribution is 2.35. The first kappa shape index (κ1) is 17.4. The lowest BCUT2D eigenvalue weighted by Gasteiger charge is -2.37. The van der Waals surface area contributed by atoms with E-state index in [9.17, 15) is 19.1 Å². The smallest absolute Gasteiger partial charge is 0.326 e. The second-order valence-electron chi connectivity index (χ2n) is 5.86. The van der Waals surface area contributed by atoms with Crippen molar-refractivity contribution < 1.29 is 23.8 Å². The number of carboxylic acids is 1. The van der Waals surface area contributed by atoms with E-state index in [2.05, 4.69) is 5.32 Å². The first-order valence-corrected chi connectivity index (χ1v) is 7.87. The van der Waals surface area contributed by atoms with Gasteiger partial charge in [0.15, 0.2) is 0 Å². The molecule has 0 aliphatic carbocycles. The molecule has 2 N–H and O–H groups in total. The maximum absolute atomic E-state index is 13.6. The zero-order valence-corrected chi connectivity index (χ0v) is 13.2. The molecular formula is C17H22FNO4. The highest BCUT2D eigenvalue weighted by Gasteiger charge is 2.43. The van der Waals surface area contributed by atoms with E-state index in [1.807, 2.05) is 6.92 Å². The predicted molar refractivity (Wildman–Crippen MR) is 82.6 cm³/mol. The predicted octanol–water partition coefficient (Wildman–Crippen LogP) is 2.24. The van der Waals surface area contributed by atoms with E-state index in [0.717, 1.165) is 0 Å². The molecule has 1 atom stereocenters. The van der Waals surface area contributed by atoms with Crippen molar-refractivity contribution in [3.8, 4) is 0 Å². The van der Waals surface area contributed by atoms with Crippen molar-refractivity contribution in [2.75, 3.05) is 13.2 Å². The van der Waals surface area contributed by atoms with Crippen molar-refractivity contribution in [1.82, 2.24) is 5.32 Å². The fourth-order valence-electron chi connectivity index (χ4n) is 3.00. The van der Waals surface area contributed by atoms with E-state index >= 15 is 0 Å². The van der Waals surface area contributed by atoms with Crippen LogP contribution in [0.25, 0.3) is 0 Å². The number of halogens is 1. The van der Waals surface area contributed by atoms with Crippen LogP contribution in [0.1, 0.15) is 38.2 Å². The molecular weight excluding hydrogens is 301 g/mol. The molecule has 1 fully saturated rings. The normalized spacial score (nSPS) is 18.2. The minimum Gasteiger partial charge on any atom is -0.480 e. The molecule has 1 saturated heterocycles. The first-order chi connectivity index (χ1) is 11.0. The quantitative estimate of drug-likeness (QED) is 0.842. The van der Waals surface area contributed by atoms with Gasteiger partial charge in [0.05, 0.1) is 5.41 Å². The lowest BCUT2D eigenvalue weighted by Crippen LogP contribution is -2.52. The van der Waals surface area contributed by atoms with E-state index in [-0.39, 0.29) is 5.91 Å². The van der Waals surface area contributed by atoms with Crippen molar-refractivity contribution in [1.29, 1.82) is 0 Å². The summed E-state index contributed by atoms with van der Waals surface area (Å²) in [5.41, 5.74) is -0.374. The van der Waals surface area contributed by atoms with Gasteiger partial charge >= 0.3 is 5.97 Å². The van der Waals surface area contributed by atoms with E-state index in [0.29, 0.717) is 44.5 Å². The zero-order chi connectivity index (χ0) is 16.9. The van der Waals surface area contributed by atoms with Crippen molar-refractivity contribution >= 4 is 11.9 Å². The highest BCUT2D eigenvalue weighted by atomic mass is 19.1. The number of aliphatic carboxylic acids is 1. The van der Waals surface area contributed by atoms with Crippen LogP contribution in [0.15, 0.2) is 24.3 Å². The first-order valence-electron chi connectivity index (χ1n) is 7.87. The number of carbonyl (C=O) groups is 2. The van der Waals surface area contributed by atoms with Crippen LogP contribution < -0.4 is 5.32 Å². The van der Waals surface area contributed by atoms with Gasteiger partial charge in [-0.15, -0.1) is 0 Å². The minimum absolute atomic E-state index is 0.358. The van der Waals surface area contributed by atoms with Gasteiger partial charge in [-0.25, -0.2) is 9.18 Å². The number of amides is 1. The molecule has 1 aliphatic heterocycles. The zero-order valence-electron chi connectivity index (χ0n) is 13.2. The molecule has 1 amide bonds. The summed E-state index contributed by atoms with van der Waals surface area (Å²) in [6, 6.07) is 5.02. The molecule has 23 heavy (non-hydrogen) atoms. The molecule has 0 saturated carbocycles. The Kier molecular flexibility index (Phi) is 5.71. The van der Waals surface area contributed by atoms with Crippen LogP contribution in [-0.2, 0) is 19.7 Å². The Morgan fingerprint density at radius 3 is 2.65 bits per heavy atom. The number of rotatable bonds is 6. The van der Waals surface area contributed by atoms with Crippen LogP contribution in [0.5, 0.6) is 0 Å². The molecule has 0 spiro atoms. The third-order valence-electron chi connectivity index (χ3n) is 4.34. The SMILES string of the molecule is CCCC(NC(=O)C1(c2cccc(F)c2)CCOCC1)C(=O)O. The number of hydrogen-bond acceptors (Lipinski definition) is 3. The fraction of sp³-hybridized carbons (Fsp3) is 0.529. The van der Waals surface area contributed by atoms with Gasteiger partial charge in [0.1, 0.15) is 11.9 Å². The summed E-state index contributed by atoms with van der Waals surface area (Å²) in [5.74, 6) is -1.83. The summed E-state index contributed by atoms with van der Waals surface area (Å²) in [4.78, 5) is 24.2. The van der Waals surface area contributed by atoms with Crippen molar-refractivity contribution in [2.45, 2.75) is 44.1 Å². The number of carbonyl (C=O) groups excluding carboxylic acids is 1. The molecule has 6 heteroatoms. The van der Waals surface area contributed by atoms with E-state index < -0.39 is 23.2 Å². The van der Waals surface area contributed by atoms with Gasteiger partial charge in [-0.05, 0) is 37.0 Å². The summed E-state index contributed by atoms with van der Waals surface area (Å²) < 4.78 is 18.9. The molecule has 126 valence electrons. The molecule has 1 heterocycles. The average molecular weight is 323 g/mol. The van der Waals surface area contributed by atoms with Gasteiger partial charge in [-0.1, -0.05) is 25.5 Å². The van der Waals surface area contributed by atoms with Crippen LogP contribution in [0, 0.1) is 5.82 Å². The Bertz CT molecular complexity index is 569. The van der Waals surface area contributed by atoms with E-state index in [4.69, 9.17) is 4.74 Å². The summed E-state index contributed by atoms with van der Waals surface area (Å²) in [6.07, 6.45) is 1.81. The van der Waals surface area contributed by atoms with Crippen LogP contribution >= 0.6 is 0 Å². The summed E-state index contributed by atoms with van der Waals surface area (Å²) in [5, 5.41) is 11.9. The molecule has 5 nitrogen and oxygen atoms in total. The van der Waals surface area contributed by atoms with Gasteiger partial charge in [0.2, 0.25) is 5.91 Å². The van der Waals surface area contributed by atoms with Gasteiger partial charge < -0.3 is 15.2 Å². The Balaban J connectivity index is 2.30. The van der Waals surface area contributed by atoms with Gasteiger partial charge in [-0.2, -0.15) is 0 Å². The lowest BCUT2D eigenvalue weighted by atomic mass is 9.73. The Morgan fingerprint density at radius 2 is 2.09 bits per heavy atom. The van der Waals surface area contributed by atoms with Gasteiger partial charge in [-0.3, -0.25) is 4.79 Å². The molecule has 0 bridgehead atoms. The minimum atomic E-state index is -1.05. The number of carboxylic acid groups (broad SMARTS) is 1.